The van der Waals surface area contributed by atoms with Crippen molar-refractivity contribution in [1.29, 1.82) is 0 Å². The number of carbonyl (C=O) groups excluding carboxylic acids is 1. The maximum atomic E-state index is 10.5. The van der Waals surface area contributed by atoms with Crippen LogP contribution in [0.25, 0.3) is 0 Å². The van der Waals surface area contributed by atoms with Crippen LogP contribution in [0.5, 0.6) is 0 Å². The largest absolute Gasteiger partial charge is 0.439 e. The molecule has 3 N–H and O–H groups in total. The van der Waals surface area contributed by atoms with E-state index in [2.05, 4.69) is 9.72 Å². The average Bonchev–Trinajstić information content (AvgIpc) is 3.26. The standard InChI is InChI=1S/C8H12N2O3.C7H10N4O4/c1-2-7(11)6-9-5-3-4-8(9)10(12)13;1-2-10-5(4-15-7(8)12)9-3-6(10)11(13)14/h3-5,7,11H,2,6H2,1H3;3H,2,4H2,1H3,(H2,8,12). The van der Waals surface area contributed by atoms with Crippen molar-refractivity contribution in [3.63, 3.8) is 0 Å². The van der Waals surface area contributed by atoms with Gasteiger partial charge in [0, 0.05) is 6.07 Å². The molecule has 0 spiro atoms. The zero-order chi connectivity index (χ0) is 21.3. The highest BCUT2D eigenvalue weighted by Crippen LogP contribution is 2.14. The summed E-state index contributed by atoms with van der Waals surface area (Å²) >= 11 is 0. The summed E-state index contributed by atoms with van der Waals surface area (Å²) in [6, 6.07) is 3.02. The van der Waals surface area contributed by atoms with Crippen LogP contribution in [-0.4, -0.2) is 41.3 Å². The molecule has 1 unspecified atom stereocenters. The first-order valence-electron chi connectivity index (χ1n) is 8.29. The Morgan fingerprint density at radius 2 is 1.96 bits per heavy atom. The predicted molar refractivity (Wildman–Crippen MR) is 96.3 cm³/mol. The molecule has 0 saturated heterocycles. The SMILES string of the molecule is CCC(O)Cn1cccc1[N+](=O)[O-].CCn1c([N+](=O)[O-])cnc1COC(N)=O. The molecule has 0 radical (unpaired) electrons. The Morgan fingerprint density at radius 3 is 2.46 bits per heavy atom. The summed E-state index contributed by atoms with van der Waals surface area (Å²) in [5.74, 6) is 0.177. The van der Waals surface area contributed by atoms with Crippen LogP contribution in [-0.2, 0) is 24.4 Å². The Hall–Kier alpha value is -3.48. The van der Waals surface area contributed by atoms with Crippen LogP contribution < -0.4 is 5.73 Å². The average molecular weight is 398 g/mol. The van der Waals surface area contributed by atoms with Crippen LogP contribution in [0, 0.1) is 20.2 Å². The highest BCUT2D eigenvalue weighted by molar-refractivity contribution is 5.64. The number of hydrogen-bond acceptors (Lipinski definition) is 8. The smallest absolute Gasteiger partial charge is 0.405 e. The maximum absolute atomic E-state index is 10.5. The summed E-state index contributed by atoms with van der Waals surface area (Å²) in [4.78, 5) is 34.1. The molecular formula is C15H22N6O7. The molecule has 0 saturated carbocycles. The number of nitrogens with two attached hydrogens (primary N) is 1. The van der Waals surface area contributed by atoms with Gasteiger partial charge in [-0.25, -0.2) is 18.9 Å². The summed E-state index contributed by atoms with van der Waals surface area (Å²) in [6.07, 6.45) is 1.84. The number of ether oxygens (including phenoxy) is 1. The van der Waals surface area contributed by atoms with E-state index in [9.17, 15) is 30.1 Å². The van der Waals surface area contributed by atoms with Gasteiger partial charge < -0.3 is 35.8 Å². The van der Waals surface area contributed by atoms with Gasteiger partial charge in [-0.2, -0.15) is 0 Å². The van der Waals surface area contributed by atoms with E-state index < -0.39 is 22.0 Å². The lowest BCUT2D eigenvalue weighted by Crippen LogP contribution is -2.15. The fourth-order valence-corrected chi connectivity index (χ4v) is 2.23. The van der Waals surface area contributed by atoms with E-state index in [0.29, 0.717) is 18.8 Å². The Labute approximate surface area is 159 Å². The fourth-order valence-electron chi connectivity index (χ4n) is 2.23. The second-order valence-electron chi connectivity index (χ2n) is 5.48. The van der Waals surface area contributed by atoms with Gasteiger partial charge in [-0.05, 0) is 29.3 Å². The number of nitro groups is 2. The van der Waals surface area contributed by atoms with Crippen LogP contribution in [0.15, 0.2) is 24.5 Å². The second kappa shape index (κ2) is 10.6. The number of nitrogens with zero attached hydrogens (tertiary/aromatic N) is 5. The van der Waals surface area contributed by atoms with Crippen LogP contribution in [0.4, 0.5) is 16.4 Å². The van der Waals surface area contributed by atoms with Gasteiger partial charge in [-0.1, -0.05) is 6.92 Å². The third kappa shape index (κ3) is 6.35. The molecule has 0 fully saturated rings. The molecule has 2 aromatic rings. The Morgan fingerprint density at radius 1 is 1.32 bits per heavy atom. The minimum Gasteiger partial charge on any atom is -0.439 e. The number of carbonyl (C=O) groups is 1. The third-order valence-electron chi connectivity index (χ3n) is 3.64. The molecule has 0 aromatic carbocycles. The van der Waals surface area contributed by atoms with Gasteiger partial charge >= 0.3 is 17.7 Å². The quantitative estimate of drug-likeness (QED) is 0.496. The van der Waals surface area contributed by atoms with Crippen LogP contribution >= 0.6 is 0 Å². The Kier molecular flexibility index (Phi) is 8.55. The molecule has 0 aliphatic rings. The molecule has 13 heteroatoms. The number of primary amides is 1. The Bertz CT molecular complexity index is 816. The van der Waals surface area contributed by atoms with Crippen LogP contribution in [0.2, 0.25) is 0 Å². The van der Waals surface area contributed by atoms with Crippen molar-refractivity contribution in [2.24, 2.45) is 5.73 Å². The summed E-state index contributed by atoms with van der Waals surface area (Å²) in [6.45, 7) is 4.03. The minimum absolute atomic E-state index is 0.0208. The summed E-state index contributed by atoms with van der Waals surface area (Å²) in [5.41, 5.74) is 4.77. The van der Waals surface area contributed by atoms with E-state index in [1.165, 1.54) is 15.2 Å². The number of rotatable bonds is 8. The van der Waals surface area contributed by atoms with Gasteiger partial charge in [-0.3, -0.25) is 0 Å². The molecule has 2 rings (SSSR count). The van der Waals surface area contributed by atoms with E-state index in [1.807, 2.05) is 6.92 Å². The molecule has 0 aliphatic carbocycles. The van der Waals surface area contributed by atoms with Crippen molar-refractivity contribution in [2.45, 2.75) is 46.1 Å². The third-order valence-corrected chi connectivity index (χ3v) is 3.64. The lowest BCUT2D eigenvalue weighted by atomic mass is 10.3. The van der Waals surface area contributed by atoms with Gasteiger partial charge in [0.05, 0.1) is 18.8 Å². The van der Waals surface area contributed by atoms with Crippen molar-refractivity contribution in [3.8, 4) is 0 Å². The summed E-state index contributed by atoms with van der Waals surface area (Å²) in [5, 5.41) is 30.3. The van der Waals surface area contributed by atoms with Gasteiger partial charge in [-0.15, -0.1) is 0 Å². The van der Waals surface area contributed by atoms with Crippen LogP contribution in [0.1, 0.15) is 26.1 Å². The molecule has 0 aliphatic heterocycles. The number of hydrogen-bond donors (Lipinski definition) is 2. The number of aliphatic hydroxyl groups excluding tert-OH is 1. The lowest BCUT2D eigenvalue weighted by molar-refractivity contribution is -0.392. The maximum Gasteiger partial charge on any atom is 0.405 e. The Balaban J connectivity index is 0.000000283. The highest BCUT2D eigenvalue weighted by Gasteiger charge is 2.19. The molecule has 154 valence electrons. The molecule has 28 heavy (non-hydrogen) atoms. The number of imidazole rings is 1. The first kappa shape index (κ1) is 22.6. The first-order chi connectivity index (χ1) is 13.2. The van der Waals surface area contributed by atoms with Crippen molar-refractivity contribution < 1.29 is 24.5 Å². The van der Waals surface area contributed by atoms with Gasteiger partial charge in [0.25, 0.3) is 0 Å². The van der Waals surface area contributed by atoms with Crippen molar-refractivity contribution in [1.82, 2.24) is 14.1 Å². The minimum atomic E-state index is -0.941. The zero-order valence-electron chi connectivity index (χ0n) is 15.4. The molecule has 0 bridgehead atoms. The summed E-state index contributed by atoms with van der Waals surface area (Å²) in [7, 11) is 0. The van der Waals surface area contributed by atoms with Gasteiger partial charge in [0.15, 0.2) is 6.61 Å². The van der Waals surface area contributed by atoms with Crippen LogP contribution in [0.3, 0.4) is 0 Å². The number of aromatic nitrogens is 3. The van der Waals surface area contributed by atoms with E-state index in [4.69, 9.17) is 5.73 Å². The fraction of sp³-hybridized carbons (Fsp3) is 0.467. The number of amides is 1. The molecular weight excluding hydrogens is 376 g/mol. The van der Waals surface area contributed by atoms with E-state index >= 15 is 0 Å². The molecule has 2 heterocycles. The van der Waals surface area contributed by atoms with Crippen molar-refractivity contribution in [2.75, 3.05) is 0 Å². The predicted octanol–water partition coefficient (Wildman–Crippen LogP) is 1.57. The number of aliphatic hydroxyl groups is 1. The topological polar surface area (TPSA) is 182 Å². The first-order valence-corrected chi connectivity index (χ1v) is 8.29. The highest BCUT2D eigenvalue weighted by atomic mass is 16.6. The lowest BCUT2D eigenvalue weighted by Gasteiger charge is -2.05. The second-order valence-corrected chi connectivity index (χ2v) is 5.48. The molecule has 2 aromatic heterocycles. The van der Waals surface area contributed by atoms with Crippen molar-refractivity contribution in [3.05, 3.63) is 50.6 Å². The van der Waals surface area contributed by atoms with Gasteiger partial charge in [0.2, 0.25) is 5.82 Å². The van der Waals surface area contributed by atoms with E-state index in [1.54, 1.807) is 19.2 Å². The molecule has 13 nitrogen and oxygen atoms in total. The van der Waals surface area contributed by atoms with E-state index in [-0.39, 0.29) is 24.8 Å². The molecule has 1 atom stereocenters. The molecule has 1 amide bonds. The zero-order valence-corrected chi connectivity index (χ0v) is 15.4. The normalized spacial score (nSPS) is 11.2. The van der Waals surface area contributed by atoms with Crippen molar-refractivity contribution >= 4 is 17.7 Å². The van der Waals surface area contributed by atoms with E-state index in [0.717, 1.165) is 6.20 Å². The monoisotopic (exact) mass is 398 g/mol. The van der Waals surface area contributed by atoms with Gasteiger partial charge in [0.1, 0.15) is 12.7 Å². The summed E-state index contributed by atoms with van der Waals surface area (Å²) < 4.78 is 7.27.